The van der Waals surface area contributed by atoms with Crippen LogP contribution in [0.5, 0.6) is 0 Å². The van der Waals surface area contributed by atoms with E-state index in [0.717, 1.165) is 28.7 Å². The van der Waals surface area contributed by atoms with E-state index < -0.39 is 10.0 Å². The molecule has 0 bridgehead atoms. The highest BCUT2D eigenvalue weighted by atomic mass is 32.2. The van der Waals surface area contributed by atoms with Crippen LogP contribution in [-0.2, 0) is 16.6 Å². The standard InChI is InChI=1S/C25H28N6O3S/c1-16-7-10-21(11-8-16)35(33,34)30-12-4-5-19(14-30)23-26-24-22(25(32)27-23)28-29-31(24)15-20-13-17(2)6-9-18(20)3/h6-11,13,19H,4-5,12,14-15H2,1-3H3,(H,26,27,32)/t19-/m0/s1. The number of H-pyrrole nitrogens is 1. The normalized spacial score (nSPS) is 17.2. The molecule has 5 rings (SSSR count). The summed E-state index contributed by atoms with van der Waals surface area (Å²) in [6, 6.07) is 13.1. The van der Waals surface area contributed by atoms with Gasteiger partial charge in [0.15, 0.2) is 11.2 Å². The Labute approximate surface area is 203 Å². The van der Waals surface area contributed by atoms with E-state index in [2.05, 4.69) is 33.5 Å². The summed E-state index contributed by atoms with van der Waals surface area (Å²) in [5.41, 5.74) is 4.56. The number of rotatable bonds is 5. The summed E-state index contributed by atoms with van der Waals surface area (Å²) < 4.78 is 29.6. The largest absolute Gasteiger partial charge is 0.308 e. The monoisotopic (exact) mass is 492 g/mol. The van der Waals surface area contributed by atoms with Gasteiger partial charge in [0.2, 0.25) is 10.0 Å². The molecule has 1 atom stereocenters. The lowest BCUT2D eigenvalue weighted by molar-refractivity contribution is 0.309. The van der Waals surface area contributed by atoms with Gasteiger partial charge in [-0.1, -0.05) is 46.7 Å². The molecular weight excluding hydrogens is 464 g/mol. The van der Waals surface area contributed by atoms with Gasteiger partial charge in [0.25, 0.3) is 5.56 Å². The number of sulfonamides is 1. The lowest BCUT2D eigenvalue weighted by Gasteiger charge is -2.31. The first-order valence-corrected chi connectivity index (χ1v) is 13.1. The molecule has 4 aromatic rings. The number of hydrogen-bond acceptors (Lipinski definition) is 6. The zero-order valence-corrected chi connectivity index (χ0v) is 20.8. The number of aryl methyl sites for hydroxylation is 3. The van der Waals surface area contributed by atoms with Crippen molar-refractivity contribution in [2.24, 2.45) is 0 Å². The Bertz CT molecular complexity index is 1560. The minimum atomic E-state index is -3.64. The number of fused-ring (bicyclic) bond motifs is 1. The van der Waals surface area contributed by atoms with Gasteiger partial charge in [-0.05, 0) is 56.9 Å². The van der Waals surface area contributed by atoms with E-state index in [-0.39, 0.29) is 28.4 Å². The van der Waals surface area contributed by atoms with E-state index in [0.29, 0.717) is 31.0 Å². The quantitative estimate of drug-likeness (QED) is 0.458. The Balaban J connectivity index is 1.46. The van der Waals surface area contributed by atoms with Crippen molar-refractivity contribution < 1.29 is 8.42 Å². The van der Waals surface area contributed by atoms with Gasteiger partial charge in [-0.15, -0.1) is 5.10 Å². The first-order valence-electron chi connectivity index (χ1n) is 11.7. The van der Waals surface area contributed by atoms with Crippen LogP contribution < -0.4 is 5.56 Å². The SMILES string of the molecule is Cc1ccc(S(=O)(=O)N2CCC[C@H](c3nc4c(nnn4Cc4cc(C)ccc4C)c(=O)[nH]3)C2)cc1. The molecule has 35 heavy (non-hydrogen) atoms. The van der Waals surface area contributed by atoms with E-state index in [1.165, 1.54) is 4.31 Å². The van der Waals surface area contributed by atoms with Crippen LogP contribution in [0.25, 0.3) is 11.2 Å². The number of piperidine rings is 1. The maximum Gasteiger partial charge on any atom is 0.281 e. The summed E-state index contributed by atoms with van der Waals surface area (Å²) in [5.74, 6) is 0.237. The van der Waals surface area contributed by atoms with Gasteiger partial charge in [0.1, 0.15) is 5.82 Å². The zero-order valence-electron chi connectivity index (χ0n) is 20.0. The predicted molar refractivity (Wildman–Crippen MR) is 133 cm³/mol. The van der Waals surface area contributed by atoms with Crippen LogP contribution in [0.3, 0.4) is 0 Å². The number of nitrogens with one attached hydrogen (secondary N) is 1. The number of aromatic amines is 1. The van der Waals surface area contributed by atoms with Crippen LogP contribution in [0.2, 0.25) is 0 Å². The molecule has 10 heteroatoms. The second-order valence-electron chi connectivity index (χ2n) is 9.32. The minimum absolute atomic E-state index is 0.180. The zero-order chi connectivity index (χ0) is 24.7. The van der Waals surface area contributed by atoms with E-state index in [1.807, 2.05) is 20.8 Å². The third-order valence-electron chi connectivity index (χ3n) is 6.65. The summed E-state index contributed by atoms with van der Waals surface area (Å²) in [7, 11) is -3.64. The second kappa shape index (κ2) is 9.01. The van der Waals surface area contributed by atoms with Crippen LogP contribution in [-0.4, -0.2) is 50.8 Å². The average Bonchev–Trinajstić information content (AvgIpc) is 3.25. The maximum absolute atomic E-state index is 13.2. The lowest BCUT2D eigenvalue weighted by atomic mass is 9.99. The molecule has 0 unspecified atom stereocenters. The molecule has 1 aliphatic rings. The summed E-state index contributed by atoms with van der Waals surface area (Å²) in [4.78, 5) is 20.7. The van der Waals surface area contributed by atoms with Crippen LogP contribution in [0, 0.1) is 20.8 Å². The Morgan fingerprint density at radius 2 is 1.80 bits per heavy atom. The van der Waals surface area contributed by atoms with Crippen molar-refractivity contribution in [3.63, 3.8) is 0 Å². The molecule has 0 spiro atoms. The highest BCUT2D eigenvalue weighted by Crippen LogP contribution is 2.29. The van der Waals surface area contributed by atoms with Gasteiger partial charge < -0.3 is 4.98 Å². The fourth-order valence-electron chi connectivity index (χ4n) is 4.56. The number of benzene rings is 2. The van der Waals surface area contributed by atoms with Crippen LogP contribution in [0.1, 0.15) is 46.8 Å². The highest BCUT2D eigenvalue weighted by molar-refractivity contribution is 7.89. The number of nitrogens with zero attached hydrogens (tertiary/aromatic N) is 5. The van der Waals surface area contributed by atoms with Gasteiger partial charge in [-0.25, -0.2) is 18.1 Å². The molecule has 3 heterocycles. The van der Waals surface area contributed by atoms with Crippen molar-refractivity contribution in [1.29, 1.82) is 0 Å². The fraction of sp³-hybridized carbons (Fsp3) is 0.360. The van der Waals surface area contributed by atoms with Crippen LogP contribution in [0.4, 0.5) is 0 Å². The van der Waals surface area contributed by atoms with Crippen LogP contribution in [0.15, 0.2) is 52.2 Å². The summed E-state index contributed by atoms with van der Waals surface area (Å²) in [6.07, 6.45) is 1.41. The van der Waals surface area contributed by atoms with Gasteiger partial charge >= 0.3 is 0 Å². The third kappa shape index (κ3) is 4.51. The average molecular weight is 493 g/mol. The molecule has 0 saturated carbocycles. The van der Waals surface area contributed by atoms with E-state index in [4.69, 9.17) is 4.98 Å². The van der Waals surface area contributed by atoms with Gasteiger partial charge in [0, 0.05) is 19.0 Å². The Hall–Kier alpha value is -3.37. The third-order valence-corrected chi connectivity index (χ3v) is 8.53. The molecule has 182 valence electrons. The highest BCUT2D eigenvalue weighted by Gasteiger charge is 2.32. The first-order chi connectivity index (χ1) is 16.7. The molecule has 1 N–H and O–H groups in total. The summed E-state index contributed by atoms with van der Waals surface area (Å²) in [5, 5.41) is 8.24. The first kappa shape index (κ1) is 23.4. The molecule has 1 fully saturated rings. The molecule has 0 amide bonds. The van der Waals surface area contributed by atoms with Crippen molar-refractivity contribution in [3.8, 4) is 0 Å². The maximum atomic E-state index is 13.2. The van der Waals surface area contributed by atoms with Gasteiger partial charge in [-0.2, -0.15) is 4.31 Å². The molecular formula is C25H28N6O3S. The molecule has 0 radical (unpaired) electrons. The molecule has 9 nitrogen and oxygen atoms in total. The van der Waals surface area contributed by atoms with Crippen molar-refractivity contribution in [1.82, 2.24) is 29.3 Å². The summed E-state index contributed by atoms with van der Waals surface area (Å²) >= 11 is 0. The second-order valence-corrected chi connectivity index (χ2v) is 11.3. The molecule has 2 aromatic carbocycles. The summed E-state index contributed by atoms with van der Waals surface area (Å²) in [6.45, 7) is 7.12. The fourth-order valence-corrected chi connectivity index (χ4v) is 6.08. The molecule has 2 aromatic heterocycles. The van der Waals surface area contributed by atoms with Gasteiger partial charge in [0.05, 0.1) is 11.4 Å². The molecule has 0 aliphatic carbocycles. The van der Waals surface area contributed by atoms with Crippen molar-refractivity contribution in [2.75, 3.05) is 13.1 Å². The smallest absolute Gasteiger partial charge is 0.281 e. The van der Waals surface area contributed by atoms with Crippen molar-refractivity contribution >= 4 is 21.2 Å². The lowest BCUT2D eigenvalue weighted by Crippen LogP contribution is -2.39. The molecule has 1 saturated heterocycles. The Morgan fingerprint density at radius 3 is 2.57 bits per heavy atom. The molecule has 1 aliphatic heterocycles. The van der Waals surface area contributed by atoms with E-state index in [1.54, 1.807) is 28.9 Å². The van der Waals surface area contributed by atoms with E-state index in [9.17, 15) is 13.2 Å². The number of aromatic nitrogens is 5. The van der Waals surface area contributed by atoms with Gasteiger partial charge in [-0.3, -0.25) is 4.79 Å². The Morgan fingerprint density at radius 1 is 1.06 bits per heavy atom. The van der Waals surface area contributed by atoms with Crippen molar-refractivity contribution in [3.05, 3.63) is 80.9 Å². The topological polar surface area (TPSA) is 114 Å². The predicted octanol–water partition coefficient (Wildman–Crippen LogP) is 3.06. The Kier molecular flexibility index (Phi) is 6.02. The number of hydrogen-bond donors (Lipinski definition) is 1. The van der Waals surface area contributed by atoms with Crippen molar-refractivity contribution in [2.45, 2.75) is 51.0 Å². The van der Waals surface area contributed by atoms with E-state index >= 15 is 0 Å². The minimum Gasteiger partial charge on any atom is -0.308 e. The van der Waals surface area contributed by atoms with Crippen LogP contribution >= 0.6 is 0 Å².